The molecule has 27 heavy (non-hydrogen) atoms. The van der Waals surface area contributed by atoms with Gasteiger partial charge in [-0.1, -0.05) is 24.3 Å². The van der Waals surface area contributed by atoms with Crippen molar-refractivity contribution in [2.45, 2.75) is 12.5 Å². The largest absolute Gasteiger partial charge is 0.371 e. The van der Waals surface area contributed by atoms with Gasteiger partial charge in [-0.3, -0.25) is 9.13 Å². The van der Waals surface area contributed by atoms with Crippen LogP contribution in [0.3, 0.4) is 0 Å². The van der Waals surface area contributed by atoms with E-state index in [0.717, 1.165) is 23.0 Å². The molecule has 0 unspecified atom stereocenters. The normalized spacial score (nSPS) is 16.1. The molecular weight excluding hydrogens is 344 g/mol. The van der Waals surface area contributed by atoms with Gasteiger partial charge in [0.25, 0.3) is 0 Å². The van der Waals surface area contributed by atoms with E-state index in [1.807, 2.05) is 24.3 Å². The van der Waals surface area contributed by atoms with Crippen LogP contribution in [0, 0.1) is 0 Å². The number of fused-ring (bicyclic) bond motifs is 2. The van der Waals surface area contributed by atoms with Crippen LogP contribution in [0.1, 0.15) is 17.2 Å². The van der Waals surface area contributed by atoms with Crippen LogP contribution in [0.5, 0.6) is 0 Å². The lowest BCUT2D eigenvalue weighted by atomic mass is 9.98. The molecule has 0 radical (unpaired) electrons. The molecule has 0 aliphatic carbocycles. The molecule has 2 N–H and O–H groups in total. The van der Waals surface area contributed by atoms with Crippen molar-refractivity contribution in [2.24, 2.45) is 14.1 Å². The Hall–Kier alpha value is -3.06. The number of hydrogen-bond acceptors (Lipinski definition) is 3. The average Bonchev–Trinajstić information content (AvgIpc) is 2.90. The van der Waals surface area contributed by atoms with Crippen LogP contribution in [-0.4, -0.2) is 28.3 Å². The number of rotatable bonds is 3. The molecule has 7 heteroatoms. The quantitative estimate of drug-likeness (QED) is 0.747. The lowest BCUT2D eigenvalue weighted by molar-refractivity contribution is 0.0444. The third-order valence-electron chi connectivity index (χ3n) is 5.07. The van der Waals surface area contributed by atoms with Crippen molar-refractivity contribution in [3.63, 3.8) is 0 Å². The molecule has 2 heterocycles. The number of anilines is 1. The molecule has 140 valence electrons. The van der Waals surface area contributed by atoms with Crippen LogP contribution in [0.15, 0.2) is 47.3 Å². The molecule has 4 rings (SSSR count). The van der Waals surface area contributed by atoms with Crippen molar-refractivity contribution in [3.8, 4) is 0 Å². The minimum Gasteiger partial charge on any atom is -0.371 e. The lowest BCUT2D eigenvalue weighted by Gasteiger charge is -2.26. The van der Waals surface area contributed by atoms with Gasteiger partial charge in [0.2, 0.25) is 0 Å². The second kappa shape index (κ2) is 6.92. The minimum absolute atomic E-state index is 0.0975. The Labute approximate surface area is 156 Å². The second-order valence-corrected chi connectivity index (χ2v) is 6.75. The maximum absolute atomic E-state index is 12.3. The summed E-state index contributed by atoms with van der Waals surface area (Å²) in [7, 11) is 3.44. The number of ether oxygens (including phenoxy) is 1. The van der Waals surface area contributed by atoms with Gasteiger partial charge in [-0.2, -0.15) is 0 Å². The third-order valence-corrected chi connectivity index (χ3v) is 5.07. The van der Waals surface area contributed by atoms with E-state index in [1.54, 1.807) is 35.4 Å². The number of hydrogen-bond donors (Lipinski definition) is 2. The van der Waals surface area contributed by atoms with Crippen LogP contribution in [-0.2, 0) is 25.3 Å². The second-order valence-electron chi connectivity index (χ2n) is 6.75. The highest BCUT2D eigenvalue weighted by Crippen LogP contribution is 2.26. The summed E-state index contributed by atoms with van der Waals surface area (Å²) in [4.78, 5) is 24.3. The van der Waals surface area contributed by atoms with Crippen LogP contribution in [0.4, 0.5) is 10.5 Å². The number of urea groups is 1. The fraction of sp³-hybridized carbons (Fsp3) is 0.300. The molecule has 0 fully saturated rings. The maximum atomic E-state index is 12.3. The van der Waals surface area contributed by atoms with Gasteiger partial charge in [0.05, 0.1) is 17.6 Å². The van der Waals surface area contributed by atoms with E-state index in [4.69, 9.17) is 4.74 Å². The van der Waals surface area contributed by atoms with E-state index < -0.39 is 0 Å². The van der Waals surface area contributed by atoms with Gasteiger partial charge in [0.15, 0.2) is 0 Å². The molecule has 0 saturated heterocycles. The number of nitrogens with one attached hydrogen (secondary N) is 2. The van der Waals surface area contributed by atoms with Crippen molar-refractivity contribution in [1.29, 1.82) is 0 Å². The number of nitrogens with zero attached hydrogens (tertiary/aromatic N) is 2. The molecule has 1 atom stereocenters. The Kier molecular flexibility index (Phi) is 4.45. The average molecular weight is 366 g/mol. The standard InChI is InChI=1S/C20H22N4O3/c1-23-16-8-7-14(11-17(16)24(2)20(23)26)22-19(25)21-12-18-15-6-4-3-5-13(15)9-10-27-18/h3-8,11,18H,9-10,12H2,1-2H3,(H2,21,22,25)/t18-/m1/s1. The van der Waals surface area contributed by atoms with Gasteiger partial charge in [-0.05, 0) is 35.7 Å². The zero-order valence-corrected chi connectivity index (χ0v) is 15.4. The van der Waals surface area contributed by atoms with Crippen molar-refractivity contribution >= 4 is 22.8 Å². The predicted molar refractivity (Wildman–Crippen MR) is 104 cm³/mol. The molecule has 0 bridgehead atoms. The highest BCUT2D eigenvalue weighted by Gasteiger charge is 2.21. The third kappa shape index (κ3) is 3.21. The highest BCUT2D eigenvalue weighted by molar-refractivity contribution is 5.92. The molecule has 0 spiro atoms. The van der Waals surface area contributed by atoms with Crippen molar-refractivity contribution in [2.75, 3.05) is 18.5 Å². The van der Waals surface area contributed by atoms with E-state index in [9.17, 15) is 9.59 Å². The first-order chi connectivity index (χ1) is 13.0. The smallest absolute Gasteiger partial charge is 0.328 e. The van der Waals surface area contributed by atoms with Crippen molar-refractivity contribution in [1.82, 2.24) is 14.5 Å². The van der Waals surface area contributed by atoms with E-state index in [1.165, 1.54) is 5.56 Å². The first-order valence-electron chi connectivity index (χ1n) is 8.94. The molecule has 3 aromatic rings. The summed E-state index contributed by atoms with van der Waals surface area (Å²) in [5, 5.41) is 5.70. The fourth-order valence-electron chi connectivity index (χ4n) is 3.59. The monoisotopic (exact) mass is 366 g/mol. The summed E-state index contributed by atoms with van der Waals surface area (Å²) >= 11 is 0. The topological polar surface area (TPSA) is 77.3 Å². The number of aromatic nitrogens is 2. The zero-order chi connectivity index (χ0) is 19.0. The van der Waals surface area contributed by atoms with Gasteiger partial charge in [-0.25, -0.2) is 9.59 Å². The van der Waals surface area contributed by atoms with Crippen LogP contribution >= 0.6 is 0 Å². The van der Waals surface area contributed by atoms with Crippen LogP contribution < -0.4 is 16.3 Å². The van der Waals surface area contributed by atoms with Crippen molar-refractivity contribution in [3.05, 3.63) is 64.1 Å². The Balaban J connectivity index is 1.44. The maximum Gasteiger partial charge on any atom is 0.328 e. The van der Waals surface area contributed by atoms with Gasteiger partial charge in [0, 0.05) is 26.3 Å². The van der Waals surface area contributed by atoms with Crippen molar-refractivity contribution < 1.29 is 9.53 Å². The van der Waals surface area contributed by atoms with E-state index in [-0.39, 0.29) is 17.8 Å². The molecule has 2 aromatic carbocycles. The SMILES string of the molecule is Cn1c(=O)n(C)c2cc(NC(=O)NC[C@H]3OCCc4ccccc43)ccc21. The summed E-state index contributed by atoms with van der Waals surface area (Å²) in [5.41, 5.74) is 4.52. The first-order valence-corrected chi connectivity index (χ1v) is 8.94. The Bertz CT molecular complexity index is 1070. The summed E-state index contributed by atoms with van der Waals surface area (Å²) in [6.45, 7) is 1.05. The van der Waals surface area contributed by atoms with Crippen LogP contribution in [0.25, 0.3) is 11.0 Å². The molecule has 1 aliphatic heterocycles. The Morgan fingerprint density at radius 3 is 2.78 bits per heavy atom. The number of imidazole rings is 1. The predicted octanol–water partition coefficient (Wildman–Crippen LogP) is 2.31. The first kappa shape index (κ1) is 17.4. The highest BCUT2D eigenvalue weighted by atomic mass is 16.5. The van der Waals surface area contributed by atoms with E-state index in [2.05, 4.69) is 16.7 Å². The molecular formula is C20H22N4O3. The fourth-order valence-corrected chi connectivity index (χ4v) is 3.59. The van der Waals surface area contributed by atoms with E-state index in [0.29, 0.717) is 18.8 Å². The van der Waals surface area contributed by atoms with E-state index >= 15 is 0 Å². The number of benzene rings is 2. The summed E-state index contributed by atoms with van der Waals surface area (Å²) in [6.07, 6.45) is 0.757. The molecule has 1 aromatic heterocycles. The zero-order valence-electron chi connectivity index (χ0n) is 15.4. The summed E-state index contributed by atoms with van der Waals surface area (Å²) < 4.78 is 8.95. The van der Waals surface area contributed by atoms with Gasteiger partial charge in [-0.15, -0.1) is 0 Å². The number of carbonyl (C=O) groups excluding carboxylic acids is 1. The molecule has 7 nitrogen and oxygen atoms in total. The molecule has 1 aliphatic rings. The van der Waals surface area contributed by atoms with Crippen LogP contribution in [0.2, 0.25) is 0 Å². The van der Waals surface area contributed by atoms with Gasteiger partial charge < -0.3 is 15.4 Å². The Morgan fingerprint density at radius 1 is 1.15 bits per heavy atom. The molecule has 2 amide bonds. The Morgan fingerprint density at radius 2 is 1.93 bits per heavy atom. The minimum atomic E-state index is -0.304. The number of carbonyl (C=O) groups is 1. The van der Waals surface area contributed by atoms with Gasteiger partial charge >= 0.3 is 11.7 Å². The number of aryl methyl sites for hydroxylation is 2. The number of amides is 2. The summed E-state index contributed by atoms with van der Waals surface area (Å²) in [6, 6.07) is 13.3. The lowest BCUT2D eigenvalue weighted by Crippen LogP contribution is -2.34. The van der Waals surface area contributed by atoms with Gasteiger partial charge in [0.1, 0.15) is 6.10 Å². The summed E-state index contributed by atoms with van der Waals surface area (Å²) in [5.74, 6) is 0. The molecule has 0 saturated carbocycles.